The van der Waals surface area contributed by atoms with Crippen molar-refractivity contribution in [1.29, 1.82) is 0 Å². The smallest absolute Gasteiger partial charge is 0.138 e. The Labute approximate surface area is 105 Å². The van der Waals surface area contributed by atoms with Gasteiger partial charge in [-0.1, -0.05) is 29.7 Å². The first kappa shape index (κ1) is 13.2. The Morgan fingerprint density at radius 2 is 2.31 bits per heavy atom. The molecule has 86 valence electrons. The van der Waals surface area contributed by atoms with Crippen LogP contribution in [0.1, 0.15) is 5.56 Å². The number of hydrogen-bond donors (Lipinski definition) is 2. The SMILES string of the molecule is C#CCSCCNCc1cccc(Cl)c1O. The van der Waals surface area contributed by atoms with Crippen LogP contribution in [0.25, 0.3) is 0 Å². The molecule has 0 aliphatic rings. The van der Waals surface area contributed by atoms with Gasteiger partial charge >= 0.3 is 0 Å². The fourth-order valence-corrected chi connectivity index (χ4v) is 1.95. The molecule has 0 fully saturated rings. The molecule has 0 aliphatic heterocycles. The third-order valence-corrected chi connectivity index (χ3v) is 3.16. The van der Waals surface area contributed by atoms with E-state index in [4.69, 9.17) is 18.0 Å². The highest BCUT2D eigenvalue weighted by molar-refractivity contribution is 7.99. The van der Waals surface area contributed by atoms with Gasteiger partial charge in [-0.3, -0.25) is 0 Å². The monoisotopic (exact) mass is 255 g/mol. The molecular weight excluding hydrogens is 242 g/mol. The van der Waals surface area contributed by atoms with Gasteiger partial charge in [0, 0.05) is 24.4 Å². The highest BCUT2D eigenvalue weighted by atomic mass is 35.5. The van der Waals surface area contributed by atoms with E-state index in [0.717, 1.165) is 23.6 Å². The lowest BCUT2D eigenvalue weighted by atomic mass is 10.2. The zero-order chi connectivity index (χ0) is 11.8. The van der Waals surface area contributed by atoms with E-state index >= 15 is 0 Å². The summed E-state index contributed by atoms with van der Waals surface area (Å²) in [6, 6.07) is 5.35. The molecular formula is C12H14ClNOS. The lowest BCUT2D eigenvalue weighted by Gasteiger charge is -2.07. The number of terminal acetylenes is 1. The summed E-state index contributed by atoms with van der Waals surface area (Å²) in [6.45, 7) is 1.47. The van der Waals surface area contributed by atoms with Crippen molar-refractivity contribution in [3.8, 4) is 18.1 Å². The van der Waals surface area contributed by atoms with Crippen molar-refractivity contribution in [2.24, 2.45) is 0 Å². The standard InChI is InChI=1S/C12H14ClNOS/c1-2-7-16-8-6-14-9-10-4-3-5-11(13)12(10)15/h1,3-5,14-15H,6-9H2. The number of hydrogen-bond acceptors (Lipinski definition) is 3. The zero-order valence-corrected chi connectivity index (χ0v) is 10.4. The molecule has 1 aromatic rings. The maximum Gasteiger partial charge on any atom is 0.138 e. The predicted molar refractivity (Wildman–Crippen MR) is 71.0 cm³/mol. The normalized spacial score (nSPS) is 10.0. The molecule has 4 heteroatoms. The van der Waals surface area contributed by atoms with Gasteiger partial charge in [0.2, 0.25) is 0 Å². The first-order valence-electron chi connectivity index (χ1n) is 4.94. The lowest BCUT2D eigenvalue weighted by Crippen LogP contribution is -2.16. The van der Waals surface area contributed by atoms with Gasteiger partial charge in [0.05, 0.1) is 10.8 Å². The average Bonchev–Trinajstić information content (AvgIpc) is 2.29. The molecule has 0 radical (unpaired) electrons. The molecule has 0 saturated heterocycles. The number of para-hydroxylation sites is 1. The van der Waals surface area contributed by atoms with Gasteiger partial charge in [0.25, 0.3) is 0 Å². The molecule has 0 saturated carbocycles. The number of phenols is 1. The van der Waals surface area contributed by atoms with E-state index in [-0.39, 0.29) is 5.75 Å². The summed E-state index contributed by atoms with van der Waals surface area (Å²) in [7, 11) is 0. The number of benzene rings is 1. The Morgan fingerprint density at radius 3 is 3.06 bits per heavy atom. The van der Waals surface area contributed by atoms with Gasteiger partial charge in [-0.15, -0.1) is 18.2 Å². The molecule has 2 nitrogen and oxygen atoms in total. The first-order valence-corrected chi connectivity index (χ1v) is 6.47. The lowest BCUT2D eigenvalue weighted by molar-refractivity contribution is 0.465. The highest BCUT2D eigenvalue weighted by Crippen LogP contribution is 2.26. The van der Waals surface area contributed by atoms with Gasteiger partial charge in [-0.2, -0.15) is 0 Å². The van der Waals surface area contributed by atoms with Gasteiger partial charge in [0.15, 0.2) is 0 Å². The van der Waals surface area contributed by atoms with Crippen molar-refractivity contribution in [3.05, 3.63) is 28.8 Å². The second kappa shape index (κ2) is 7.45. The van der Waals surface area contributed by atoms with Gasteiger partial charge < -0.3 is 10.4 Å². The fourth-order valence-electron chi connectivity index (χ4n) is 1.20. The number of thioether (sulfide) groups is 1. The molecule has 0 unspecified atom stereocenters. The summed E-state index contributed by atoms with van der Waals surface area (Å²) >= 11 is 7.50. The molecule has 0 bridgehead atoms. The number of phenolic OH excluding ortho intramolecular Hbond substituents is 1. The fraction of sp³-hybridized carbons (Fsp3) is 0.333. The molecule has 16 heavy (non-hydrogen) atoms. The Kier molecular flexibility index (Phi) is 6.17. The first-order chi connectivity index (χ1) is 7.75. The minimum Gasteiger partial charge on any atom is -0.506 e. The van der Waals surface area contributed by atoms with Crippen molar-refractivity contribution in [1.82, 2.24) is 5.32 Å². The maximum absolute atomic E-state index is 9.63. The highest BCUT2D eigenvalue weighted by Gasteiger charge is 2.03. The van der Waals surface area contributed by atoms with Gasteiger partial charge in [-0.05, 0) is 6.07 Å². The van der Waals surface area contributed by atoms with E-state index < -0.39 is 0 Å². The number of halogens is 1. The van der Waals surface area contributed by atoms with Crippen LogP contribution in [-0.2, 0) is 6.54 Å². The predicted octanol–water partition coefficient (Wildman–Crippen LogP) is 2.50. The van der Waals surface area contributed by atoms with Crippen LogP contribution in [0, 0.1) is 12.3 Å². The quantitative estimate of drug-likeness (QED) is 0.605. The van der Waals surface area contributed by atoms with Crippen LogP contribution in [0.15, 0.2) is 18.2 Å². The average molecular weight is 256 g/mol. The number of rotatable bonds is 6. The summed E-state index contributed by atoms with van der Waals surface area (Å²) in [4.78, 5) is 0. The van der Waals surface area contributed by atoms with Crippen molar-refractivity contribution >= 4 is 23.4 Å². The molecule has 0 spiro atoms. The second-order valence-corrected chi connectivity index (χ2v) is 4.69. The van der Waals surface area contributed by atoms with E-state index in [1.165, 1.54) is 0 Å². The topological polar surface area (TPSA) is 32.3 Å². The Balaban J connectivity index is 2.27. The van der Waals surface area contributed by atoms with E-state index in [0.29, 0.717) is 11.6 Å². The summed E-state index contributed by atoms with van der Waals surface area (Å²) in [5.74, 6) is 4.43. The van der Waals surface area contributed by atoms with Gasteiger partial charge in [-0.25, -0.2) is 0 Å². The minimum atomic E-state index is 0.160. The van der Waals surface area contributed by atoms with E-state index in [1.54, 1.807) is 17.8 Å². The number of aromatic hydroxyl groups is 1. The van der Waals surface area contributed by atoms with E-state index in [9.17, 15) is 5.11 Å². The third-order valence-electron chi connectivity index (χ3n) is 1.99. The minimum absolute atomic E-state index is 0.160. The maximum atomic E-state index is 9.63. The second-order valence-electron chi connectivity index (χ2n) is 3.18. The van der Waals surface area contributed by atoms with E-state index in [1.807, 2.05) is 12.1 Å². The van der Waals surface area contributed by atoms with Crippen LogP contribution >= 0.6 is 23.4 Å². The van der Waals surface area contributed by atoms with Crippen LogP contribution in [0.5, 0.6) is 5.75 Å². The van der Waals surface area contributed by atoms with Crippen molar-refractivity contribution in [2.45, 2.75) is 6.54 Å². The third kappa shape index (κ3) is 4.36. The summed E-state index contributed by atoms with van der Waals surface area (Å²) in [5, 5.41) is 13.2. The number of nitrogens with one attached hydrogen (secondary N) is 1. The molecule has 1 aromatic carbocycles. The van der Waals surface area contributed by atoms with Crippen LogP contribution in [0.4, 0.5) is 0 Å². The molecule has 0 aliphatic carbocycles. The Morgan fingerprint density at radius 1 is 1.50 bits per heavy atom. The Bertz CT molecular complexity index is 376. The molecule has 0 amide bonds. The van der Waals surface area contributed by atoms with Crippen molar-refractivity contribution in [2.75, 3.05) is 18.1 Å². The van der Waals surface area contributed by atoms with Crippen LogP contribution in [0.3, 0.4) is 0 Å². The molecule has 1 rings (SSSR count). The molecule has 0 aromatic heterocycles. The summed E-state index contributed by atoms with van der Waals surface area (Å²) in [5.41, 5.74) is 0.814. The van der Waals surface area contributed by atoms with Gasteiger partial charge in [0.1, 0.15) is 5.75 Å². The largest absolute Gasteiger partial charge is 0.506 e. The Hall–Kier alpha value is -0.820. The van der Waals surface area contributed by atoms with E-state index in [2.05, 4.69) is 11.2 Å². The molecule has 2 N–H and O–H groups in total. The van der Waals surface area contributed by atoms with Crippen LogP contribution in [-0.4, -0.2) is 23.2 Å². The van der Waals surface area contributed by atoms with Crippen molar-refractivity contribution < 1.29 is 5.11 Å². The summed E-state index contributed by atoms with van der Waals surface area (Å²) in [6.07, 6.45) is 5.13. The van der Waals surface area contributed by atoms with Crippen LogP contribution < -0.4 is 5.32 Å². The summed E-state index contributed by atoms with van der Waals surface area (Å²) < 4.78 is 0. The molecule has 0 atom stereocenters. The van der Waals surface area contributed by atoms with Crippen molar-refractivity contribution in [3.63, 3.8) is 0 Å². The molecule has 0 heterocycles. The van der Waals surface area contributed by atoms with Crippen LogP contribution in [0.2, 0.25) is 5.02 Å². The zero-order valence-electron chi connectivity index (χ0n) is 8.87.